The van der Waals surface area contributed by atoms with E-state index in [0.29, 0.717) is 62.0 Å². The van der Waals surface area contributed by atoms with E-state index in [2.05, 4.69) is 11.9 Å². The van der Waals surface area contributed by atoms with Gasteiger partial charge in [-0.25, -0.2) is 4.98 Å². The van der Waals surface area contributed by atoms with Crippen molar-refractivity contribution in [1.29, 1.82) is 0 Å². The van der Waals surface area contributed by atoms with Crippen molar-refractivity contribution in [3.63, 3.8) is 0 Å². The lowest BCUT2D eigenvalue weighted by molar-refractivity contribution is -0.137. The Morgan fingerprint density at radius 2 is 1.73 bits per heavy atom. The van der Waals surface area contributed by atoms with E-state index in [9.17, 15) is 33.9 Å². The molecule has 3 aromatic rings. The number of unbranched alkanes of at least 4 members (excludes halogenated alkanes) is 2. The lowest BCUT2D eigenvalue weighted by Gasteiger charge is -2.35. The van der Waals surface area contributed by atoms with Gasteiger partial charge < -0.3 is 19.7 Å². The number of imide groups is 1. The van der Waals surface area contributed by atoms with Gasteiger partial charge in [0.2, 0.25) is 5.91 Å². The minimum atomic E-state index is -1.46. The molecule has 3 aliphatic heterocycles. The summed E-state index contributed by atoms with van der Waals surface area (Å²) in [5.74, 6) is -1.57. The smallest absolute Gasteiger partial charge is 0.258 e. The van der Waals surface area contributed by atoms with Crippen molar-refractivity contribution >= 4 is 40.2 Å². The molecule has 0 saturated heterocycles. The Balaban J connectivity index is 1.02. The molecule has 7 rings (SSSR count). The Labute approximate surface area is 326 Å². The highest BCUT2D eigenvalue weighted by atomic mass is 16.5. The quantitative estimate of drug-likeness (QED) is 0.127. The molecule has 3 atom stereocenters. The number of nitrogens with zero attached hydrogens (tertiary/aromatic N) is 3. The summed E-state index contributed by atoms with van der Waals surface area (Å²) in [4.78, 5) is 83.6. The van der Waals surface area contributed by atoms with Gasteiger partial charge in [0.15, 0.2) is 5.78 Å². The van der Waals surface area contributed by atoms with Crippen LogP contribution in [0.2, 0.25) is 0 Å². The molecule has 5 heterocycles. The third-order valence-corrected chi connectivity index (χ3v) is 12.2. The van der Waals surface area contributed by atoms with Crippen LogP contribution in [0.3, 0.4) is 0 Å². The molecule has 12 nitrogen and oxygen atoms in total. The van der Waals surface area contributed by atoms with Crippen LogP contribution in [0.25, 0.3) is 22.3 Å². The lowest BCUT2D eigenvalue weighted by Crippen LogP contribution is -2.44. The van der Waals surface area contributed by atoms with Gasteiger partial charge in [-0.3, -0.25) is 33.7 Å². The largest absolute Gasteiger partial charge is 0.490 e. The fourth-order valence-electron chi connectivity index (χ4n) is 8.81. The number of ketones is 2. The summed E-state index contributed by atoms with van der Waals surface area (Å²) in [5, 5.41) is 15.4. The van der Waals surface area contributed by atoms with Gasteiger partial charge in [-0.1, -0.05) is 39.8 Å². The number of amides is 3. The number of carbonyl (C=O) groups is 5. The number of hydrogen-bond acceptors (Lipinski definition) is 9. The molecule has 0 bridgehead atoms. The number of carbonyl (C=O) groups excluding carboxylic acids is 5. The molecule has 12 heteroatoms. The highest BCUT2D eigenvalue weighted by molar-refractivity contribution is 6.12. The zero-order chi connectivity index (χ0) is 40.1. The van der Waals surface area contributed by atoms with Crippen LogP contribution in [0.5, 0.6) is 0 Å². The Morgan fingerprint density at radius 3 is 2.45 bits per heavy atom. The Kier molecular flexibility index (Phi) is 10.7. The number of nitrogens with one attached hydrogen (secondary N) is 1. The van der Waals surface area contributed by atoms with Crippen LogP contribution in [0, 0.1) is 11.8 Å². The summed E-state index contributed by atoms with van der Waals surface area (Å²) in [7, 11) is 0. The number of fused-ring (bicyclic) bond motifs is 5. The van der Waals surface area contributed by atoms with Crippen molar-refractivity contribution in [1.82, 2.24) is 19.8 Å². The summed E-state index contributed by atoms with van der Waals surface area (Å²) < 4.78 is 7.39. The number of ether oxygens (including phenoxy) is 1. The van der Waals surface area contributed by atoms with Crippen LogP contribution in [0.4, 0.5) is 0 Å². The zero-order valence-electron chi connectivity index (χ0n) is 32.7. The van der Waals surface area contributed by atoms with Gasteiger partial charge in [0, 0.05) is 60.4 Å². The second-order valence-electron chi connectivity index (χ2n) is 16.0. The van der Waals surface area contributed by atoms with Crippen LogP contribution in [0.1, 0.15) is 106 Å². The first-order valence-corrected chi connectivity index (χ1v) is 19.9. The molecule has 4 aliphatic rings. The first-order valence-electron chi connectivity index (χ1n) is 19.9. The zero-order valence-corrected chi connectivity index (χ0v) is 32.7. The highest BCUT2D eigenvalue weighted by Gasteiger charge is 2.42. The van der Waals surface area contributed by atoms with E-state index in [-0.39, 0.29) is 66.0 Å². The minimum absolute atomic E-state index is 0.0334. The van der Waals surface area contributed by atoms with Crippen LogP contribution in [-0.4, -0.2) is 61.4 Å². The monoisotopic (exact) mass is 762 g/mol. The van der Waals surface area contributed by atoms with Gasteiger partial charge >= 0.3 is 0 Å². The Hall–Kier alpha value is -5.23. The first-order chi connectivity index (χ1) is 26.7. The molecule has 3 amide bonds. The summed E-state index contributed by atoms with van der Waals surface area (Å²) in [6.07, 6.45) is 7.68. The summed E-state index contributed by atoms with van der Waals surface area (Å²) in [6.45, 7) is 12.0. The number of pyridine rings is 2. The van der Waals surface area contributed by atoms with E-state index < -0.39 is 17.6 Å². The fourth-order valence-corrected chi connectivity index (χ4v) is 8.81. The number of aromatic nitrogens is 2. The van der Waals surface area contributed by atoms with Crippen molar-refractivity contribution in [3.05, 3.63) is 86.4 Å². The van der Waals surface area contributed by atoms with Crippen LogP contribution >= 0.6 is 0 Å². The topological polar surface area (TPSA) is 165 Å². The molecule has 56 heavy (non-hydrogen) atoms. The SMILES string of the molecule is C=C1OCc2c(cc3n(c2=O)Cc2c-3nc3ccc(CC(=O)[C@H](C)NC(=O)[C@@H](CC(=O)CCCCCN4C(=O)C=CC4=O)C(C)C)c4c3c2CCC4)[C@@]1(O)CC. The summed E-state index contributed by atoms with van der Waals surface area (Å²) in [5.41, 5.74) is 5.58. The van der Waals surface area contributed by atoms with Crippen molar-refractivity contribution in [2.24, 2.45) is 11.8 Å². The van der Waals surface area contributed by atoms with Crippen molar-refractivity contribution in [2.45, 2.75) is 117 Å². The standard InChI is InChI=1S/C44H50N4O8/c1-6-44(55)26(5)56-23-33-34(44)21-36-41-32(22-48(36)43(33)54)30-13-10-12-29-27(14-15-35(46-41)40(29)30)19-37(50)25(4)45-42(53)31(24(2)3)20-28(49)11-8-7-9-18-47-38(51)16-17-39(47)52/h14-17,21,24-25,31,55H,5-13,18-20,22-23H2,1-4H3,(H,45,53)/t25-,31-,44+/m0/s1. The van der Waals surface area contributed by atoms with Gasteiger partial charge in [0.05, 0.1) is 35.1 Å². The second kappa shape index (κ2) is 15.4. The maximum atomic E-state index is 13.8. The van der Waals surface area contributed by atoms with Crippen LogP contribution < -0.4 is 10.9 Å². The average molecular weight is 763 g/mol. The number of aliphatic hydroxyl groups is 1. The molecule has 1 aliphatic carbocycles. The molecule has 294 valence electrons. The molecule has 0 fully saturated rings. The number of benzene rings is 1. The van der Waals surface area contributed by atoms with E-state index in [1.54, 1.807) is 11.5 Å². The normalized spacial score (nSPS) is 19.2. The van der Waals surface area contributed by atoms with E-state index in [0.717, 1.165) is 58.1 Å². The van der Waals surface area contributed by atoms with Crippen molar-refractivity contribution < 1.29 is 33.8 Å². The van der Waals surface area contributed by atoms with Crippen molar-refractivity contribution in [2.75, 3.05) is 6.54 Å². The molecule has 0 saturated carbocycles. The minimum Gasteiger partial charge on any atom is -0.490 e. The van der Waals surface area contributed by atoms with Gasteiger partial charge in [-0.15, -0.1) is 0 Å². The predicted molar refractivity (Wildman–Crippen MR) is 209 cm³/mol. The summed E-state index contributed by atoms with van der Waals surface area (Å²) >= 11 is 0. The summed E-state index contributed by atoms with van der Waals surface area (Å²) in [6, 6.07) is 4.99. The van der Waals surface area contributed by atoms with Gasteiger partial charge in [-0.2, -0.15) is 0 Å². The third kappa shape index (κ3) is 6.93. The van der Waals surface area contributed by atoms with Gasteiger partial charge in [0.25, 0.3) is 17.4 Å². The van der Waals surface area contributed by atoms with Crippen molar-refractivity contribution in [3.8, 4) is 11.4 Å². The predicted octanol–water partition coefficient (Wildman–Crippen LogP) is 4.89. The number of hydrogen-bond donors (Lipinski definition) is 2. The maximum Gasteiger partial charge on any atom is 0.258 e. The molecule has 0 spiro atoms. The Morgan fingerprint density at radius 1 is 1.00 bits per heavy atom. The first kappa shape index (κ1) is 39.0. The highest BCUT2D eigenvalue weighted by Crippen LogP contribution is 2.44. The molecule has 2 N–H and O–H groups in total. The molecular weight excluding hydrogens is 713 g/mol. The number of aryl methyl sites for hydroxylation is 2. The molecular formula is C44H50N4O8. The third-order valence-electron chi connectivity index (χ3n) is 12.2. The van der Waals surface area contributed by atoms with E-state index in [1.165, 1.54) is 17.1 Å². The van der Waals surface area contributed by atoms with Crippen LogP contribution in [-0.2, 0) is 66.7 Å². The molecule has 1 aromatic carbocycles. The number of Topliss-reactive ketones (excluding diaryl/α,β-unsaturated/α-hetero) is 2. The average Bonchev–Trinajstić information content (AvgIpc) is 3.71. The van der Waals surface area contributed by atoms with E-state index in [1.807, 2.05) is 39.0 Å². The van der Waals surface area contributed by atoms with E-state index in [4.69, 9.17) is 9.72 Å². The molecule has 0 unspecified atom stereocenters. The van der Waals surface area contributed by atoms with Gasteiger partial charge in [-0.05, 0) is 80.2 Å². The van der Waals surface area contributed by atoms with Gasteiger partial charge in [0.1, 0.15) is 23.8 Å². The second-order valence-corrected chi connectivity index (χ2v) is 16.0. The van der Waals surface area contributed by atoms with E-state index >= 15 is 0 Å². The maximum absolute atomic E-state index is 13.8. The molecule has 0 radical (unpaired) electrons. The lowest BCUT2D eigenvalue weighted by atomic mass is 9.83. The fraction of sp³-hybridized carbons (Fsp3) is 0.477. The molecule has 2 aromatic heterocycles. The Bertz CT molecular complexity index is 2270. The van der Waals surface area contributed by atoms with Crippen LogP contribution in [0.15, 0.2) is 47.5 Å². The number of rotatable bonds is 15.